The minimum absolute atomic E-state index is 0.244. The Balaban J connectivity index is 2.21. The topological polar surface area (TPSA) is 79.2 Å². The van der Waals surface area contributed by atoms with Crippen molar-refractivity contribution in [3.63, 3.8) is 0 Å². The van der Waals surface area contributed by atoms with Crippen molar-refractivity contribution in [2.75, 3.05) is 7.05 Å². The van der Waals surface area contributed by atoms with Crippen LogP contribution >= 0.6 is 0 Å². The summed E-state index contributed by atoms with van der Waals surface area (Å²) in [7, 11) is -1.92. The van der Waals surface area contributed by atoms with Gasteiger partial charge in [0, 0.05) is 32.0 Å². The van der Waals surface area contributed by atoms with Crippen molar-refractivity contribution in [2.45, 2.75) is 24.9 Å². The van der Waals surface area contributed by atoms with Gasteiger partial charge in [0.2, 0.25) is 10.0 Å². The number of aromatic amines is 1. The zero-order chi connectivity index (χ0) is 14.8. The van der Waals surface area contributed by atoms with Crippen LogP contribution in [0.15, 0.2) is 41.4 Å². The second-order valence-electron chi connectivity index (χ2n) is 4.81. The summed E-state index contributed by atoms with van der Waals surface area (Å²) in [6, 6.07) is 9.38. The molecule has 0 saturated heterocycles. The molecule has 1 aromatic heterocycles. The molecular formula is C14H19N3O2S. The molecule has 1 heterocycles. The van der Waals surface area contributed by atoms with Crippen molar-refractivity contribution in [3.05, 3.63) is 53.3 Å². The lowest BCUT2D eigenvalue weighted by molar-refractivity contribution is 0.466. The number of aromatic nitrogens is 1. The van der Waals surface area contributed by atoms with Crippen LogP contribution in [0.4, 0.5) is 0 Å². The first-order valence-electron chi connectivity index (χ1n) is 6.32. The lowest BCUT2D eigenvalue weighted by Crippen LogP contribution is -2.26. The Labute approximate surface area is 119 Å². The third-order valence-electron chi connectivity index (χ3n) is 3.13. The first-order chi connectivity index (χ1) is 9.43. The summed E-state index contributed by atoms with van der Waals surface area (Å²) in [5, 5.41) is 0. The maximum Gasteiger partial charge on any atom is 0.244 e. The molecule has 0 fully saturated rings. The van der Waals surface area contributed by atoms with Gasteiger partial charge in [-0.1, -0.05) is 29.8 Å². The van der Waals surface area contributed by atoms with E-state index >= 15 is 0 Å². The van der Waals surface area contributed by atoms with Gasteiger partial charge in [0.15, 0.2) is 0 Å². The monoisotopic (exact) mass is 293 g/mol. The van der Waals surface area contributed by atoms with E-state index in [2.05, 4.69) is 4.98 Å². The van der Waals surface area contributed by atoms with Gasteiger partial charge in [-0.25, -0.2) is 8.42 Å². The average molecular weight is 293 g/mol. The number of nitrogens with zero attached hydrogens (tertiary/aromatic N) is 1. The minimum Gasteiger partial charge on any atom is -0.363 e. The summed E-state index contributed by atoms with van der Waals surface area (Å²) in [6.45, 7) is 2.61. The number of H-pyrrole nitrogens is 1. The van der Waals surface area contributed by atoms with E-state index in [0.29, 0.717) is 12.2 Å². The number of sulfonamides is 1. The molecule has 0 aliphatic heterocycles. The number of benzene rings is 1. The molecule has 0 saturated carbocycles. The van der Waals surface area contributed by atoms with Crippen molar-refractivity contribution in [3.8, 4) is 0 Å². The fourth-order valence-electron chi connectivity index (χ4n) is 2.02. The Bertz CT molecular complexity index is 692. The molecule has 0 bridgehead atoms. The van der Waals surface area contributed by atoms with E-state index in [1.807, 2.05) is 31.2 Å². The molecule has 0 radical (unpaired) electrons. The fourth-order valence-corrected chi connectivity index (χ4v) is 3.20. The summed E-state index contributed by atoms with van der Waals surface area (Å²) in [5.74, 6) is 0. The minimum atomic E-state index is -3.49. The van der Waals surface area contributed by atoms with E-state index in [1.165, 1.54) is 10.5 Å². The van der Waals surface area contributed by atoms with Crippen LogP contribution < -0.4 is 5.73 Å². The van der Waals surface area contributed by atoms with Crippen molar-refractivity contribution >= 4 is 10.0 Å². The maximum atomic E-state index is 12.4. The highest BCUT2D eigenvalue weighted by atomic mass is 32.2. The second kappa shape index (κ2) is 5.78. The molecule has 5 nitrogen and oxygen atoms in total. The van der Waals surface area contributed by atoms with Gasteiger partial charge in [-0.05, 0) is 18.6 Å². The quantitative estimate of drug-likeness (QED) is 0.879. The molecule has 0 amide bonds. The Morgan fingerprint density at radius 1 is 1.30 bits per heavy atom. The van der Waals surface area contributed by atoms with Crippen molar-refractivity contribution in [1.82, 2.24) is 9.29 Å². The van der Waals surface area contributed by atoms with Crippen molar-refractivity contribution in [2.24, 2.45) is 5.73 Å². The number of nitrogens with one attached hydrogen (secondary N) is 1. The molecule has 6 heteroatoms. The molecule has 1 aromatic carbocycles. The highest BCUT2D eigenvalue weighted by Gasteiger charge is 2.22. The van der Waals surface area contributed by atoms with E-state index in [1.54, 1.807) is 13.1 Å². The number of nitrogens with two attached hydrogens (primary N) is 1. The third-order valence-corrected chi connectivity index (χ3v) is 4.91. The lowest BCUT2D eigenvalue weighted by atomic mass is 10.1. The number of hydrogen-bond donors (Lipinski definition) is 2. The van der Waals surface area contributed by atoms with Crippen LogP contribution in [-0.2, 0) is 23.1 Å². The maximum absolute atomic E-state index is 12.4. The highest BCUT2D eigenvalue weighted by Crippen LogP contribution is 2.18. The van der Waals surface area contributed by atoms with Gasteiger partial charge in [0.05, 0.1) is 4.90 Å². The third kappa shape index (κ3) is 3.09. The van der Waals surface area contributed by atoms with Crippen LogP contribution in [0.5, 0.6) is 0 Å². The molecule has 3 N–H and O–H groups in total. The number of rotatable bonds is 5. The first kappa shape index (κ1) is 14.8. The Morgan fingerprint density at radius 2 is 2.05 bits per heavy atom. The van der Waals surface area contributed by atoms with Crippen molar-refractivity contribution in [1.29, 1.82) is 0 Å². The normalized spacial score (nSPS) is 12.0. The summed E-state index contributed by atoms with van der Waals surface area (Å²) in [6.07, 6.45) is 1.48. The molecular weight excluding hydrogens is 274 g/mol. The van der Waals surface area contributed by atoms with Gasteiger partial charge in [-0.2, -0.15) is 4.31 Å². The zero-order valence-corrected chi connectivity index (χ0v) is 12.4. The summed E-state index contributed by atoms with van der Waals surface area (Å²) < 4.78 is 26.2. The van der Waals surface area contributed by atoms with E-state index in [0.717, 1.165) is 11.1 Å². The Hall–Kier alpha value is -1.63. The predicted octanol–water partition coefficient (Wildman–Crippen LogP) is 1.60. The molecule has 108 valence electrons. The number of aryl methyl sites for hydroxylation is 1. The van der Waals surface area contributed by atoms with Crippen LogP contribution in [0, 0.1) is 6.92 Å². The van der Waals surface area contributed by atoms with Gasteiger partial charge >= 0.3 is 0 Å². The van der Waals surface area contributed by atoms with Gasteiger partial charge in [-0.3, -0.25) is 0 Å². The van der Waals surface area contributed by atoms with Crippen LogP contribution in [0.2, 0.25) is 0 Å². The van der Waals surface area contributed by atoms with E-state index < -0.39 is 10.0 Å². The second-order valence-corrected chi connectivity index (χ2v) is 6.86. The number of hydrogen-bond acceptors (Lipinski definition) is 3. The van der Waals surface area contributed by atoms with Crippen LogP contribution in [0.1, 0.15) is 16.8 Å². The molecule has 20 heavy (non-hydrogen) atoms. The summed E-state index contributed by atoms with van der Waals surface area (Å²) >= 11 is 0. The van der Waals surface area contributed by atoms with Crippen molar-refractivity contribution < 1.29 is 8.42 Å². The van der Waals surface area contributed by atoms with Gasteiger partial charge < -0.3 is 10.7 Å². The molecule has 0 unspecified atom stereocenters. The highest BCUT2D eigenvalue weighted by molar-refractivity contribution is 7.89. The van der Waals surface area contributed by atoms with Crippen LogP contribution in [0.3, 0.4) is 0 Å². The largest absolute Gasteiger partial charge is 0.363 e. The standard InChI is InChI=1S/C14H19N3O2S/c1-11-4-3-5-12(6-11)10-17(2)20(18,19)14-7-13(8-15)16-9-14/h3-7,9,16H,8,10,15H2,1-2H3. The average Bonchev–Trinajstić information content (AvgIpc) is 2.88. The van der Waals surface area contributed by atoms with E-state index in [9.17, 15) is 8.42 Å². The Kier molecular flexibility index (Phi) is 4.27. The van der Waals surface area contributed by atoms with Crippen LogP contribution in [0.25, 0.3) is 0 Å². The first-order valence-corrected chi connectivity index (χ1v) is 7.76. The fraction of sp³-hybridized carbons (Fsp3) is 0.286. The summed E-state index contributed by atoms with van der Waals surface area (Å²) in [4.78, 5) is 3.10. The Morgan fingerprint density at radius 3 is 2.65 bits per heavy atom. The molecule has 2 aromatic rings. The lowest BCUT2D eigenvalue weighted by Gasteiger charge is -2.16. The summed E-state index contributed by atoms with van der Waals surface area (Å²) in [5.41, 5.74) is 8.26. The van der Waals surface area contributed by atoms with Gasteiger partial charge in [-0.15, -0.1) is 0 Å². The smallest absolute Gasteiger partial charge is 0.244 e. The van der Waals surface area contributed by atoms with E-state index in [4.69, 9.17) is 5.73 Å². The molecule has 0 aliphatic carbocycles. The van der Waals surface area contributed by atoms with E-state index in [-0.39, 0.29) is 11.4 Å². The molecule has 0 spiro atoms. The SMILES string of the molecule is Cc1cccc(CN(C)S(=O)(=O)c2c[nH]c(CN)c2)c1. The van der Waals surface area contributed by atoms with Gasteiger partial charge in [0.25, 0.3) is 0 Å². The molecule has 2 rings (SSSR count). The predicted molar refractivity (Wildman–Crippen MR) is 78.5 cm³/mol. The molecule has 0 aliphatic rings. The van der Waals surface area contributed by atoms with Gasteiger partial charge in [0.1, 0.15) is 0 Å². The molecule has 0 atom stereocenters. The van der Waals surface area contributed by atoms with Crippen LogP contribution in [-0.4, -0.2) is 24.8 Å². The zero-order valence-electron chi connectivity index (χ0n) is 11.6.